The molecule has 2 heterocycles. The number of nitrogens with one attached hydrogen (secondary N) is 1. The molecule has 10 heteroatoms. The summed E-state index contributed by atoms with van der Waals surface area (Å²) in [6.07, 6.45) is -2.59. The van der Waals surface area contributed by atoms with E-state index < -0.39 is 34.6 Å². The summed E-state index contributed by atoms with van der Waals surface area (Å²) in [5, 5.41) is 0. The first-order valence-corrected chi connectivity index (χ1v) is 10.3. The fourth-order valence-electron chi connectivity index (χ4n) is 4.15. The van der Waals surface area contributed by atoms with Crippen LogP contribution in [0.15, 0.2) is 48.5 Å². The van der Waals surface area contributed by atoms with Gasteiger partial charge in [0.15, 0.2) is 17.3 Å². The van der Waals surface area contributed by atoms with Gasteiger partial charge in [0.05, 0.1) is 18.8 Å². The van der Waals surface area contributed by atoms with Gasteiger partial charge in [-0.05, 0) is 42.2 Å². The van der Waals surface area contributed by atoms with Crippen molar-refractivity contribution in [2.24, 2.45) is 5.92 Å². The summed E-state index contributed by atoms with van der Waals surface area (Å²) in [5.74, 6) is -2.76. The number of carbonyl (C=O) groups is 1. The van der Waals surface area contributed by atoms with Gasteiger partial charge < -0.3 is 4.90 Å². The molecule has 1 N–H and O–H groups in total. The second-order valence-electron chi connectivity index (χ2n) is 8.64. The summed E-state index contributed by atoms with van der Waals surface area (Å²) >= 11 is 0. The molecule has 0 radical (unpaired) electrons. The van der Waals surface area contributed by atoms with Gasteiger partial charge in [-0.25, -0.2) is 13.2 Å². The number of carbonyl (C=O) groups excluding carboxylic acids is 1. The molecule has 1 saturated carbocycles. The maximum absolute atomic E-state index is 15.1. The van der Waals surface area contributed by atoms with Crippen LogP contribution in [0.3, 0.4) is 0 Å². The lowest BCUT2D eigenvalue weighted by atomic mass is 9.86. The third-order valence-corrected chi connectivity index (χ3v) is 6.27. The van der Waals surface area contributed by atoms with Gasteiger partial charge in [0, 0.05) is 11.5 Å². The Bertz CT molecular complexity index is 1140. The Labute approximate surface area is 184 Å². The molecular formula is C23H18F6N2O2. The minimum absolute atomic E-state index is 0.000728. The summed E-state index contributed by atoms with van der Waals surface area (Å²) in [5.41, 5.74) is -2.64. The lowest BCUT2D eigenvalue weighted by Crippen LogP contribution is -2.59. The molecule has 5 rings (SSSR count). The van der Waals surface area contributed by atoms with Crippen molar-refractivity contribution in [2.75, 3.05) is 13.1 Å². The van der Waals surface area contributed by atoms with Gasteiger partial charge in [-0.1, -0.05) is 30.3 Å². The van der Waals surface area contributed by atoms with Gasteiger partial charge in [-0.15, -0.1) is 0 Å². The van der Waals surface area contributed by atoms with E-state index in [4.69, 9.17) is 4.84 Å². The fraction of sp³-hybridized carbons (Fsp3) is 0.348. The first-order valence-electron chi connectivity index (χ1n) is 10.3. The summed E-state index contributed by atoms with van der Waals surface area (Å²) in [6.45, 7) is -0.113. The molecule has 1 unspecified atom stereocenters. The minimum Gasteiger partial charge on any atom is -0.335 e. The molecule has 4 nitrogen and oxygen atoms in total. The Morgan fingerprint density at radius 1 is 1.00 bits per heavy atom. The highest BCUT2D eigenvalue weighted by molar-refractivity contribution is 5.82. The molecule has 33 heavy (non-hydrogen) atoms. The van der Waals surface area contributed by atoms with Crippen LogP contribution in [0.4, 0.5) is 26.3 Å². The molecule has 2 aromatic rings. The lowest BCUT2D eigenvalue weighted by Gasteiger charge is -2.45. The molecule has 0 spiro atoms. The second-order valence-corrected chi connectivity index (χ2v) is 8.64. The van der Waals surface area contributed by atoms with Gasteiger partial charge in [0.2, 0.25) is 11.5 Å². The average molecular weight is 468 g/mol. The Morgan fingerprint density at radius 2 is 1.64 bits per heavy atom. The predicted molar refractivity (Wildman–Crippen MR) is 105 cm³/mol. The van der Waals surface area contributed by atoms with E-state index in [9.17, 15) is 26.7 Å². The zero-order valence-corrected chi connectivity index (χ0v) is 17.1. The lowest BCUT2D eigenvalue weighted by molar-refractivity contribution is -0.269. The Kier molecular flexibility index (Phi) is 4.79. The van der Waals surface area contributed by atoms with E-state index >= 15 is 4.39 Å². The van der Waals surface area contributed by atoms with Crippen molar-refractivity contribution in [2.45, 2.75) is 30.3 Å². The van der Waals surface area contributed by atoms with E-state index in [1.54, 1.807) is 0 Å². The topological polar surface area (TPSA) is 41.6 Å². The number of rotatable bonds is 4. The standard InChI is InChI=1S/C23H18F6N2O2/c24-17-8-7-16(9-18(17)25)22(23(27,28)29)10-19(30-33-22)13-3-5-15(6-4-13)21(26)11-31(12-21)20(32)14-1-2-14/h3-10,14,30H,1-2,11-12H2. The van der Waals surface area contributed by atoms with Crippen molar-refractivity contribution < 1.29 is 36.0 Å². The zero-order chi connectivity index (χ0) is 23.6. The van der Waals surface area contributed by atoms with Gasteiger partial charge in [-0.2, -0.15) is 13.2 Å². The summed E-state index contributed by atoms with van der Waals surface area (Å²) in [6, 6.07) is 7.59. The van der Waals surface area contributed by atoms with Crippen LogP contribution in [-0.4, -0.2) is 30.1 Å². The van der Waals surface area contributed by atoms with Crippen LogP contribution in [0, 0.1) is 17.6 Å². The summed E-state index contributed by atoms with van der Waals surface area (Å²) < 4.78 is 83.9. The average Bonchev–Trinajstić information content (AvgIpc) is 3.50. The Morgan fingerprint density at radius 3 is 2.21 bits per heavy atom. The number of hydrogen-bond acceptors (Lipinski definition) is 3. The van der Waals surface area contributed by atoms with Crippen molar-refractivity contribution >= 4 is 11.6 Å². The molecule has 1 aliphatic carbocycles. The van der Waals surface area contributed by atoms with E-state index in [1.807, 2.05) is 0 Å². The van der Waals surface area contributed by atoms with Crippen molar-refractivity contribution in [1.82, 2.24) is 10.4 Å². The number of hydrogen-bond donors (Lipinski definition) is 1. The van der Waals surface area contributed by atoms with Crippen molar-refractivity contribution in [3.63, 3.8) is 0 Å². The molecule has 0 bridgehead atoms. The van der Waals surface area contributed by atoms with E-state index in [2.05, 4.69) is 5.48 Å². The molecule has 2 aliphatic heterocycles. The second kappa shape index (κ2) is 7.24. The third kappa shape index (κ3) is 3.56. The first-order chi connectivity index (χ1) is 15.5. The number of likely N-dealkylation sites (tertiary alicyclic amines) is 1. The van der Waals surface area contributed by atoms with Gasteiger partial charge in [0.1, 0.15) is 0 Å². The molecule has 1 amide bonds. The number of benzene rings is 2. The minimum atomic E-state index is -4.99. The largest absolute Gasteiger partial charge is 0.428 e. The van der Waals surface area contributed by atoms with Crippen LogP contribution in [0.5, 0.6) is 0 Å². The van der Waals surface area contributed by atoms with Crippen molar-refractivity contribution in [3.8, 4) is 0 Å². The summed E-state index contributed by atoms with van der Waals surface area (Å²) in [7, 11) is 0. The SMILES string of the molecule is O=C(C1CC1)N1CC(F)(c2ccc(C3=CC(c4ccc(F)c(F)c4)(C(F)(F)F)ON3)cc2)C1. The van der Waals surface area contributed by atoms with Crippen molar-refractivity contribution in [3.05, 3.63) is 76.9 Å². The van der Waals surface area contributed by atoms with E-state index in [0.29, 0.717) is 17.7 Å². The predicted octanol–water partition coefficient (Wildman–Crippen LogP) is 4.72. The van der Waals surface area contributed by atoms with E-state index in [1.165, 1.54) is 29.2 Å². The summed E-state index contributed by atoms with van der Waals surface area (Å²) in [4.78, 5) is 18.4. The number of amides is 1. The highest BCUT2D eigenvalue weighted by Gasteiger charge is 2.59. The molecule has 174 valence electrons. The first kappa shape index (κ1) is 21.8. The van der Waals surface area contributed by atoms with E-state index in [0.717, 1.165) is 25.0 Å². The molecule has 0 aromatic heterocycles. The Balaban J connectivity index is 1.39. The smallest absolute Gasteiger partial charge is 0.335 e. The molecule has 2 fully saturated rings. The van der Waals surface area contributed by atoms with Crippen LogP contribution in [0.25, 0.3) is 5.70 Å². The van der Waals surface area contributed by atoms with Gasteiger partial charge in [0.25, 0.3) is 0 Å². The molecule has 3 aliphatic rings. The van der Waals surface area contributed by atoms with Gasteiger partial charge >= 0.3 is 6.18 Å². The third-order valence-electron chi connectivity index (χ3n) is 6.27. The van der Waals surface area contributed by atoms with Crippen molar-refractivity contribution in [1.29, 1.82) is 0 Å². The Hall–Kier alpha value is -3.01. The monoisotopic (exact) mass is 468 g/mol. The van der Waals surface area contributed by atoms with Gasteiger partial charge in [-0.3, -0.25) is 15.1 Å². The maximum atomic E-state index is 15.1. The van der Waals surface area contributed by atoms with Crippen LogP contribution in [0.1, 0.15) is 29.5 Å². The maximum Gasteiger partial charge on any atom is 0.428 e. The number of nitrogens with zero attached hydrogens (tertiary/aromatic N) is 1. The zero-order valence-electron chi connectivity index (χ0n) is 17.1. The number of halogens is 6. The molecule has 1 atom stereocenters. The molecule has 2 aromatic carbocycles. The normalized spacial score (nSPS) is 24.2. The highest BCUT2D eigenvalue weighted by atomic mass is 19.4. The molecule has 1 saturated heterocycles. The van der Waals surface area contributed by atoms with Crippen LogP contribution in [-0.2, 0) is 20.9 Å². The van der Waals surface area contributed by atoms with Crippen LogP contribution >= 0.6 is 0 Å². The van der Waals surface area contributed by atoms with Crippen LogP contribution < -0.4 is 5.48 Å². The quantitative estimate of drug-likeness (QED) is 0.661. The highest BCUT2D eigenvalue weighted by Crippen LogP contribution is 2.48. The van der Waals surface area contributed by atoms with Crippen LogP contribution in [0.2, 0.25) is 0 Å². The molecular weight excluding hydrogens is 450 g/mol. The van der Waals surface area contributed by atoms with E-state index in [-0.39, 0.29) is 36.2 Å². The fourth-order valence-corrected chi connectivity index (χ4v) is 4.15. The number of alkyl halides is 4. The number of hydroxylamine groups is 1.